The minimum Gasteiger partial charge on any atom is -0.419 e. The summed E-state index contributed by atoms with van der Waals surface area (Å²) >= 11 is 0. The molecule has 0 radical (unpaired) electrons. The van der Waals surface area contributed by atoms with Gasteiger partial charge in [0.25, 0.3) is 0 Å². The number of carbonyl (C=O) groups is 4. The fraction of sp³-hybridized carbons (Fsp3) is 0.0769. The Balaban J connectivity index is 2.56. The molecule has 2 aromatic rings. The third-order valence-electron chi connectivity index (χ3n) is 4.08. The topological polar surface area (TPSA) is 105 Å². The summed E-state index contributed by atoms with van der Waals surface area (Å²) in [7, 11) is 0. The molecule has 0 aliphatic heterocycles. The van der Waals surface area contributed by atoms with Gasteiger partial charge in [-0.2, -0.15) is 0 Å². The Bertz CT molecular complexity index is 1220. The van der Waals surface area contributed by atoms with Gasteiger partial charge in [0.1, 0.15) is 0 Å². The highest BCUT2D eigenvalue weighted by Crippen LogP contribution is 2.37. The number of hydrogen-bond donors (Lipinski definition) is 0. The molecule has 174 valence electrons. The van der Waals surface area contributed by atoms with Gasteiger partial charge in [0.15, 0.2) is 23.0 Å². The van der Waals surface area contributed by atoms with E-state index < -0.39 is 23.9 Å². The Morgan fingerprint density at radius 3 is 1.38 bits per heavy atom. The molecule has 34 heavy (non-hydrogen) atoms. The maximum atomic E-state index is 12.1. The molecule has 0 fully saturated rings. The fourth-order valence-electron chi connectivity index (χ4n) is 2.38. The number of ether oxygens (including phenoxy) is 4. The Labute approximate surface area is 196 Å². The summed E-state index contributed by atoms with van der Waals surface area (Å²) in [5, 5.41) is 0. The van der Waals surface area contributed by atoms with Crippen molar-refractivity contribution in [3.63, 3.8) is 0 Å². The number of carbonyl (C=O) groups excluding carboxylic acids is 4. The van der Waals surface area contributed by atoms with Crippen molar-refractivity contribution in [2.45, 2.75) is 13.8 Å². The van der Waals surface area contributed by atoms with Crippen molar-refractivity contribution in [2.75, 3.05) is 0 Å². The molecule has 0 atom stereocenters. The third kappa shape index (κ3) is 6.64. The van der Waals surface area contributed by atoms with Crippen molar-refractivity contribution in [1.29, 1.82) is 0 Å². The minimum absolute atomic E-state index is 0.0128. The van der Waals surface area contributed by atoms with Gasteiger partial charge in [-0.25, -0.2) is 19.2 Å². The molecule has 0 saturated heterocycles. The summed E-state index contributed by atoms with van der Waals surface area (Å²) in [4.78, 5) is 47.5. The average Bonchev–Trinajstić information content (AvgIpc) is 2.80. The normalized spacial score (nSPS) is 9.82. The lowest BCUT2D eigenvalue weighted by Crippen LogP contribution is -2.12. The van der Waals surface area contributed by atoms with Crippen LogP contribution in [-0.2, 0) is 19.2 Å². The summed E-state index contributed by atoms with van der Waals surface area (Å²) < 4.78 is 20.9. The van der Waals surface area contributed by atoms with Gasteiger partial charge in [-0.3, -0.25) is 0 Å². The highest BCUT2D eigenvalue weighted by atomic mass is 16.6. The summed E-state index contributed by atoms with van der Waals surface area (Å²) in [6, 6.07) is 8.90. The zero-order valence-corrected chi connectivity index (χ0v) is 18.7. The SMILES string of the molecule is C=CC(=O)Oc1ccc(-c2ccc(OC(=O)C(=C)C)c(OC(=O)C(=C)C)c2)cc1OC(=O)C=C. The predicted molar refractivity (Wildman–Crippen MR) is 124 cm³/mol. The van der Waals surface area contributed by atoms with Crippen molar-refractivity contribution >= 4 is 23.9 Å². The van der Waals surface area contributed by atoms with Crippen LogP contribution in [0.15, 0.2) is 86.0 Å². The zero-order chi connectivity index (χ0) is 25.4. The molecule has 0 heterocycles. The predicted octanol–water partition coefficient (Wildman–Crippen LogP) is 4.50. The summed E-state index contributed by atoms with van der Waals surface area (Å²) in [6.45, 7) is 16.7. The van der Waals surface area contributed by atoms with Gasteiger partial charge in [-0.15, -0.1) is 0 Å². The van der Waals surface area contributed by atoms with Crippen molar-refractivity contribution < 1.29 is 38.1 Å². The third-order valence-corrected chi connectivity index (χ3v) is 4.08. The van der Waals surface area contributed by atoms with Crippen LogP contribution in [0.2, 0.25) is 0 Å². The number of rotatable bonds is 9. The first-order chi connectivity index (χ1) is 16.0. The Morgan fingerprint density at radius 2 is 0.971 bits per heavy atom. The lowest BCUT2D eigenvalue weighted by Gasteiger charge is -2.14. The van der Waals surface area contributed by atoms with Crippen LogP contribution in [0.5, 0.6) is 23.0 Å². The molecule has 8 heteroatoms. The molecule has 0 bridgehead atoms. The molecule has 2 rings (SSSR count). The molecule has 0 aromatic heterocycles. The van der Waals surface area contributed by atoms with E-state index in [-0.39, 0.29) is 34.1 Å². The van der Waals surface area contributed by atoms with Crippen LogP contribution >= 0.6 is 0 Å². The molecular formula is C26H22O8. The molecule has 0 unspecified atom stereocenters. The van der Waals surface area contributed by atoms with Gasteiger partial charge in [0.2, 0.25) is 0 Å². The lowest BCUT2D eigenvalue weighted by molar-refractivity contribution is -0.132. The van der Waals surface area contributed by atoms with Crippen LogP contribution in [0.3, 0.4) is 0 Å². The van der Waals surface area contributed by atoms with Crippen LogP contribution in [0, 0.1) is 0 Å². The standard InChI is InChI=1S/C26H22O8/c1-7-23(27)31-19-11-9-17(13-21(19)32-24(28)8-2)18-10-12-20(33-25(29)15(3)4)22(14-18)34-26(30)16(5)6/h7-14H,1-3,5H2,4,6H3. The second-order valence-electron chi connectivity index (χ2n) is 6.91. The molecule has 8 nitrogen and oxygen atoms in total. The van der Waals surface area contributed by atoms with Gasteiger partial charge in [-0.05, 0) is 49.2 Å². The monoisotopic (exact) mass is 462 g/mol. The largest absolute Gasteiger partial charge is 0.419 e. The maximum absolute atomic E-state index is 12.1. The Hall–Kier alpha value is -4.72. The lowest BCUT2D eigenvalue weighted by atomic mass is 10.0. The first-order valence-electron chi connectivity index (χ1n) is 9.78. The number of esters is 4. The average molecular weight is 462 g/mol. The first kappa shape index (κ1) is 25.5. The van der Waals surface area contributed by atoms with E-state index in [9.17, 15) is 19.2 Å². The van der Waals surface area contributed by atoms with Gasteiger partial charge < -0.3 is 18.9 Å². The van der Waals surface area contributed by atoms with Crippen LogP contribution in [0.25, 0.3) is 11.1 Å². The van der Waals surface area contributed by atoms with Crippen LogP contribution < -0.4 is 18.9 Å². The minimum atomic E-state index is -0.772. The second kappa shape index (κ2) is 11.2. The second-order valence-corrected chi connectivity index (χ2v) is 6.91. The van der Waals surface area contributed by atoms with Gasteiger partial charge in [0.05, 0.1) is 0 Å². The number of hydrogen-bond acceptors (Lipinski definition) is 8. The molecule has 2 aromatic carbocycles. The van der Waals surface area contributed by atoms with E-state index in [2.05, 4.69) is 26.3 Å². The van der Waals surface area contributed by atoms with E-state index in [1.165, 1.54) is 38.1 Å². The number of benzene rings is 2. The zero-order valence-electron chi connectivity index (χ0n) is 18.7. The Morgan fingerprint density at radius 1 is 0.618 bits per heavy atom. The highest BCUT2D eigenvalue weighted by molar-refractivity contribution is 5.92. The molecular weight excluding hydrogens is 440 g/mol. The van der Waals surface area contributed by atoms with E-state index >= 15 is 0 Å². The van der Waals surface area contributed by atoms with E-state index in [0.29, 0.717) is 11.1 Å². The molecule has 0 amide bonds. The summed E-state index contributed by atoms with van der Waals surface area (Å²) in [5.74, 6) is -3.09. The molecule has 0 aliphatic carbocycles. The van der Waals surface area contributed by atoms with Gasteiger partial charge >= 0.3 is 23.9 Å². The van der Waals surface area contributed by atoms with E-state index in [4.69, 9.17) is 18.9 Å². The fourth-order valence-corrected chi connectivity index (χ4v) is 2.38. The van der Waals surface area contributed by atoms with Crippen LogP contribution in [0.1, 0.15) is 13.8 Å². The van der Waals surface area contributed by atoms with Crippen LogP contribution in [-0.4, -0.2) is 23.9 Å². The van der Waals surface area contributed by atoms with E-state index in [1.54, 1.807) is 12.1 Å². The quantitative estimate of drug-likeness (QED) is 0.305. The van der Waals surface area contributed by atoms with Crippen LogP contribution in [0.4, 0.5) is 0 Å². The van der Waals surface area contributed by atoms with Gasteiger partial charge in [0, 0.05) is 23.3 Å². The molecule has 0 spiro atoms. The van der Waals surface area contributed by atoms with Crippen molar-refractivity contribution in [2.24, 2.45) is 0 Å². The van der Waals surface area contributed by atoms with Crippen molar-refractivity contribution in [3.05, 3.63) is 86.0 Å². The first-order valence-corrected chi connectivity index (χ1v) is 9.78. The molecule has 0 N–H and O–H groups in total. The molecule has 0 saturated carbocycles. The highest BCUT2D eigenvalue weighted by Gasteiger charge is 2.18. The van der Waals surface area contributed by atoms with E-state index in [0.717, 1.165) is 12.2 Å². The van der Waals surface area contributed by atoms with Gasteiger partial charge in [-0.1, -0.05) is 38.4 Å². The maximum Gasteiger partial charge on any atom is 0.338 e. The molecule has 0 aliphatic rings. The summed E-state index contributed by atoms with van der Waals surface area (Å²) in [6.07, 6.45) is 1.91. The van der Waals surface area contributed by atoms with Crippen molar-refractivity contribution in [1.82, 2.24) is 0 Å². The smallest absolute Gasteiger partial charge is 0.338 e. The van der Waals surface area contributed by atoms with Crippen molar-refractivity contribution in [3.8, 4) is 34.1 Å². The van der Waals surface area contributed by atoms with E-state index in [1.807, 2.05) is 0 Å². The Kier molecular flexibility index (Phi) is 8.44. The summed E-state index contributed by atoms with van der Waals surface area (Å²) in [5.41, 5.74) is 1.28.